The molecule has 3 aromatic carbocycles. The van der Waals surface area contributed by atoms with Gasteiger partial charge in [-0.2, -0.15) is 5.48 Å². The fourth-order valence-corrected chi connectivity index (χ4v) is 4.16. The summed E-state index contributed by atoms with van der Waals surface area (Å²) in [4.78, 5) is 40.8. The lowest BCUT2D eigenvalue weighted by Gasteiger charge is -2.16. The highest BCUT2D eigenvalue weighted by atomic mass is 16.7. The first-order valence-electron chi connectivity index (χ1n) is 11.2. The second-order valence-electron chi connectivity index (χ2n) is 8.18. The number of hydrogen-bond donors (Lipinski definition) is 2. The van der Waals surface area contributed by atoms with Gasteiger partial charge in [0.15, 0.2) is 11.5 Å². The fourth-order valence-electron chi connectivity index (χ4n) is 4.16. The SMILES string of the molecule is COC(=O)N[C@@H](Cc1ccc(ONC(=O)OCC2c3ccccc3-c3ccccc32)cc1)C(C)=O. The van der Waals surface area contributed by atoms with Crippen LogP contribution in [-0.4, -0.2) is 37.7 Å². The van der Waals surface area contributed by atoms with Crippen LogP contribution in [0.1, 0.15) is 29.5 Å². The number of hydrogen-bond acceptors (Lipinski definition) is 6. The molecule has 3 aromatic rings. The molecule has 2 N–H and O–H groups in total. The minimum absolute atomic E-state index is 0.0414. The lowest BCUT2D eigenvalue weighted by atomic mass is 9.98. The molecule has 0 saturated heterocycles. The van der Waals surface area contributed by atoms with E-state index in [1.165, 1.54) is 14.0 Å². The molecule has 0 aromatic heterocycles. The summed E-state index contributed by atoms with van der Waals surface area (Å²) >= 11 is 0. The number of nitrogens with one attached hydrogen (secondary N) is 2. The summed E-state index contributed by atoms with van der Waals surface area (Å²) < 4.78 is 10.0. The molecule has 0 heterocycles. The van der Waals surface area contributed by atoms with E-state index < -0.39 is 18.2 Å². The summed E-state index contributed by atoms with van der Waals surface area (Å²) in [6.07, 6.45) is -1.07. The molecule has 0 spiro atoms. The van der Waals surface area contributed by atoms with Crippen LogP contribution in [-0.2, 0) is 20.7 Å². The topological polar surface area (TPSA) is 103 Å². The average Bonchev–Trinajstić information content (AvgIpc) is 3.20. The van der Waals surface area contributed by atoms with Crippen LogP contribution in [0.3, 0.4) is 0 Å². The molecule has 0 radical (unpaired) electrons. The van der Waals surface area contributed by atoms with Crippen molar-refractivity contribution in [2.45, 2.75) is 25.3 Å². The van der Waals surface area contributed by atoms with Crippen LogP contribution >= 0.6 is 0 Å². The third-order valence-electron chi connectivity index (χ3n) is 5.93. The first kappa shape index (κ1) is 23.8. The zero-order valence-corrected chi connectivity index (χ0v) is 19.4. The van der Waals surface area contributed by atoms with Crippen molar-refractivity contribution in [3.63, 3.8) is 0 Å². The van der Waals surface area contributed by atoms with Crippen molar-refractivity contribution in [1.29, 1.82) is 0 Å². The lowest BCUT2D eigenvalue weighted by molar-refractivity contribution is -0.118. The van der Waals surface area contributed by atoms with Gasteiger partial charge in [0.2, 0.25) is 0 Å². The van der Waals surface area contributed by atoms with Crippen LogP contribution in [0.2, 0.25) is 0 Å². The van der Waals surface area contributed by atoms with E-state index in [4.69, 9.17) is 9.57 Å². The van der Waals surface area contributed by atoms with Gasteiger partial charge >= 0.3 is 12.2 Å². The minimum atomic E-state index is -0.701. The normalized spacial score (nSPS) is 12.6. The van der Waals surface area contributed by atoms with Gasteiger partial charge in [-0.25, -0.2) is 9.59 Å². The van der Waals surface area contributed by atoms with Crippen LogP contribution in [0.5, 0.6) is 5.75 Å². The molecule has 4 rings (SSSR count). The monoisotopic (exact) mass is 474 g/mol. The van der Waals surface area contributed by atoms with Crippen LogP contribution < -0.4 is 15.6 Å². The van der Waals surface area contributed by atoms with Crippen LogP contribution in [0.25, 0.3) is 11.1 Å². The largest absolute Gasteiger partial charge is 0.453 e. The van der Waals surface area contributed by atoms with E-state index in [1.54, 1.807) is 24.3 Å². The van der Waals surface area contributed by atoms with Gasteiger partial charge in [0.05, 0.1) is 13.2 Å². The predicted molar refractivity (Wildman–Crippen MR) is 129 cm³/mol. The molecule has 0 unspecified atom stereocenters. The Balaban J connectivity index is 1.29. The number of methoxy groups -OCH3 is 1. The third kappa shape index (κ3) is 5.60. The number of ether oxygens (including phenoxy) is 2. The Bertz CT molecular complexity index is 1180. The van der Waals surface area contributed by atoms with Crippen LogP contribution in [0.4, 0.5) is 9.59 Å². The number of hydroxylamine groups is 1. The number of alkyl carbamates (subject to hydrolysis) is 1. The smallest absolute Gasteiger partial charge is 0.440 e. The Morgan fingerprint density at radius 3 is 2.03 bits per heavy atom. The molecule has 0 fully saturated rings. The Morgan fingerprint density at radius 1 is 0.857 bits per heavy atom. The molecule has 8 nitrogen and oxygen atoms in total. The van der Waals surface area contributed by atoms with E-state index in [9.17, 15) is 14.4 Å². The number of carbonyl (C=O) groups is 3. The molecule has 35 heavy (non-hydrogen) atoms. The first-order valence-corrected chi connectivity index (χ1v) is 11.2. The van der Waals surface area contributed by atoms with Gasteiger partial charge in [-0.3, -0.25) is 4.79 Å². The maximum Gasteiger partial charge on any atom is 0.440 e. The highest BCUT2D eigenvalue weighted by molar-refractivity contribution is 5.85. The van der Waals surface area contributed by atoms with Crippen molar-refractivity contribution >= 4 is 18.0 Å². The first-order chi connectivity index (χ1) is 17.0. The highest BCUT2D eigenvalue weighted by Crippen LogP contribution is 2.44. The molecule has 0 saturated carbocycles. The Labute approximate surface area is 203 Å². The molecule has 0 aliphatic heterocycles. The zero-order valence-electron chi connectivity index (χ0n) is 19.4. The quantitative estimate of drug-likeness (QED) is 0.470. The number of Topliss-reactive ketones (excluding diaryl/α,β-unsaturated/α-hetero) is 1. The van der Waals surface area contributed by atoms with E-state index in [2.05, 4.69) is 39.8 Å². The number of amides is 2. The summed E-state index contributed by atoms with van der Waals surface area (Å²) in [5.41, 5.74) is 7.66. The molecule has 1 aliphatic rings. The maximum absolute atomic E-state index is 12.3. The summed E-state index contributed by atoms with van der Waals surface area (Å²) in [6, 6.07) is 22.3. The molecule has 2 amide bonds. The standard InChI is InChI=1S/C27H26N2O6/c1-17(30)25(28-26(31)33-2)15-18-11-13-19(14-12-18)35-29-27(32)34-16-24-22-9-5-3-7-20(22)21-8-4-6-10-23(21)24/h3-14,24-25H,15-16H2,1-2H3,(H,28,31)(H,29,32)/t25-/m0/s1. The molecular weight excluding hydrogens is 448 g/mol. The molecule has 1 atom stereocenters. The second kappa shape index (κ2) is 10.7. The Kier molecular flexibility index (Phi) is 7.30. The fraction of sp³-hybridized carbons (Fsp3) is 0.222. The summed E-state index contributed by atoms with van der Waals surface area (Å²) in [5, 5.41) is 2.50. The van der Waals surface area contributed by atoms with E-state index in [-0.39, 0.29) is 18.3 Å². The van der Waals surface area contributed by atoms with Crippen LogP contribution in [0.15, 0.2) is 72.8 Å². The third-order valence-corrected chi connectivity index (χ3v) is 5.93. The van der Waals surface area contributed by atoms with Gasteiger partial charge in [0.1, 0.15) is 6.61 Å². The number of carbonyl (C=O) groups excluding carboxylic acids is 3. The lowest BCUT2D eigenvalue weighted by Crippen LogP contribution is -2.41. The maximum atomic E-state index is 12.3. The molecule has 0 bridgehead atoms. The number of rotatable bonds is 8. The van der Waals surface area contributed by atoms with Gasteiger partial charge in [-0.15, -0.1) is 0 Å². The van der Waals surface area contributed by atoms with Crippen molar-refractivity contribution in [2.75, 3.05) is 13.7 Å². The Hall–Kier alpha value is -4.33. The van der Waals surface area contributed by atoms with E-state index in [1.807, 2.05) is 24.3 Å². The van der Waals surface area contributed by atoms with Crippen molar-refractivity contribution in [3.05, 3.63) is 89.5 Å². The summed E-state index contributed by atoms with van der Waals surface area (Å²) in [6.45, 7) is 1.58. The minimum Gasteiger partial charge on any atom is -0.453 e. The molecule has 1 aliphatic carbocycles. The van der Waals surface area contributed by atoms with Crippen molar-refractivity contribution in [1.82, 2.24) is 10.8 Å². The molecule has 180 valence electrons. The van der Waals surface area contributed by atoms with Gasteiger partial charge in [0.25, 0.3) is 0 Å². The van der Waals surface area contributed by atoms with Gasteiger partial charge < -0.3 is 19.6 Å². The number of fused-ring (bicyclic) bond motifs is 3. The van der Waals surface area contributed by atoms with E-state index in [0.717, 1.165) is 27.8 Å². The Morgan fingerprint density at radius 2 is 1.46 bits per heavy atom. The average molecular weight is 475 g/mol. The van der Waals surface area contributed by atoms with E-state index in [0.29, 0.717) is 12.2 Å². The number of ketones is 1. The van der Waals surface area contributed by atoms with Crippen molar-refractivity contribution in [3.8, 4) is 16.9 Å². The van der Waals surface area contributed by atoms with Gasteiger partial charge in [0, 0.05) is 5.92 Å². The van der Waals surface area contributed by atoms with Gasteiger partial charge in [-0.05, 0) is 53.3 Å². The molecule has 8 heteroatoms. The van der Waals surface area contributed by atoms with Crippen molar-refractivity contribution < 1.29 is 28.7 Å². The molecular formula is C27H26N2O6. The van der Waals surface area contributed by atoms with Crippen molar-refractivity contribution in [2.24, 2.45) is 0 Å². The summed E-state index contributed by atoms with van der Waals surface area (Å²) in [7, 11) is 1.24. The van der Waals surface area contributed by atoms with Crippen LogP contribution in [0, 0.1) is 0 Å². The highest BCUT2D eigenvalue weighted by Gasteiger charge is 2.29. The van der Waals surface area contributed by atoms with Gasteiger partial charge in [-0.1, -0.05) is 60.7 Å². The number of benzene rings is 3. The van der Waals surface area contributed by atoms with E-state index >= 15 is 0 Å². The summed E-state index contributed by atoms with van der Waals surface area (Å²) in [5.74, 6) is 0.162. The second-order valence-corrected chi connectivity index (χ2v) is 8.18. The predicted octanol–water partition coefficient (Wildman–Crippen LogP) is 4.38. The zero-order chi connectivity index (χ0) is 24.8.